The molecule has 0 atom stereocenters. The predicted molar refractivity (Wildman–Crippen MR) is 112 cm³/mol. The van der Waals surface area contributed by atoms with E-state index in [-0.39, 0.29) is 0 Å². The Morgan fingerprint density at radius 2 is 1.96 bits per heavy atom. The van der Waals surface area contributed by atoms with Crippen LogP contribution < -0.4 is 5.32 Å². The first-order valence-corrected chi connectivity index (χ1v) is 10.7. The predicted octanol–water partition coefficient (Wildman–Crippen LogP) is 6.04. The van der Waals surface area contributed by atoms with Crippen LogP contribution in [-0.4, -0.2) is 20.4 Å². The van der Waals surface area contributed by atoms with E-state index < -0.39 is 0 Å². The number of rotatable bonds is 6. The number of nitrogens with one attached hydrogen (secondary N) is 1. The van der Waals surface area contributed by atoms with Crippen molar-refractivity contribution in [3.63, 3.8) is 0 Å². The molecular formula is C17H11BrClN5OS2. The molecule has 0 fully saturated rings. The van der Waals surface area contributed by atoms with Crippen LogP contribution in [0.2, 0.25) is 5.02 Å². The molecule has 136 valence electrons. The van der Waals surface area contributed by atoms with Crippen LogP contribution in [-0.2, 0) is 5.75 Å². The zero-order chi connectivity index (χ0) is 18.6. The van der Waals surface area contributed by atoms with Gasteiger partial charge in [-0.2, -0.15) is 0 Å². The normalized spacial score (nSPS) is 10.9. The molecule has 4 aromatic rings. The SMILES string of the molecule is Clc1ccccc1-c1nnc(CSc2nnc(Nc3cccc(Br)c3)s2)o1. The Balaban J connectivity index is 1.38. The summed E-state index contributed by atoms with van der Waals surface area (Å²) >= 11 is 12.6. The van der Waals surface area contributed by atoms with Gasteiger partial charge in [-0.25, -0.2) is 0 Å². The molecule has 0 unspecified atom stereocenters. The van der Waals surface area contributed by atoms with Gasteiger partial charge in [0.2, 0.25) is 16.9 Å². The number of benzene rings is 2. The fourth-order valence-corrected chi connectivity index (χ4v) is 4.41. The van der Waals surface area contributed by atoms with E-state index in [1.54, 1.807) is 6.07 Å². The zero-order valence-corrected chi connectivity index (χ0v) is 17.6. The van der Waals surface area contributed by atoms with Crippen molar-refractivity contribution in [1.82, 2.24) is 20.4 Å². The third-order valence-electron chi connectivity index (χ3n) is 3.37. The van der Waals surface area contributed by atoms with Gasteiger partial charge in [-0.15, -0.1) is 20.4 Å². The number of nitrogens with zero attached hydrogens (tertiary/aromatic N) is 4. The van der Waals surface area contributed by atoms with Gasteiger partial charge < -0.3 is 9.73 Å². The summed E-state index contributed by atoms with van der Waals surface area (Å²) in [5.74, 6) is 1.42. The fraction of sp³-hybridized carbons (Fsp3) is 0.0588. The highest BCUT2D eigenvalue weighted by atomic mass is 79.9. The van der Waals surface area contributed by atoms with E-state index >= 15 is 0 Å². The van der Waals surface area contributed by atoms with Crippen molar-refractivity contribution in [1.29, 1.82) is 0 Å². The van der Waals surface area contributed by atoms with Gasteiger partial charge in [0.05, 0.1) is 16.3 Å². The number of thioether (sulfide) groups is 1. The summed E-state index contributed by atoms with van der Waals surface area (Å²) in [6.45, 7) is 0. The van der Waals surface area contributed by atoms with Crippen LogP contribution in [0.1, 0.15) is 5.89 Å². The van der Waals surface area contributed by atoms with E-state index in [1.165, 1.54) is 23.1 Å². The first kappa shape index (κ1) is 18.4. The molecule has 6 nitrogen and oxygen atoms in total. The minimum Gasteiger partial charge on any atom is -0.420 e. The number of aromatic nitrogens is 4. The average Bonchev–Trinajstić information content (AvgIpc) is 3.30. The maximum absolute atomic E-state index is 6.16. The molecule has 0 saturated heterocycles. The number of anilines is 2. The van der Waals surface area contributed by atoms with Crippen LogP contribution in [0.25, 0.3) is 11.5 Å². The molecule has 0 aliphatic rings. The topological polar surface area (TPSA) is 76.7 Å². The van der Waals surface area contributed by atoms with E-state index in [2.05, 4.69) is 41.6 Å². The van der Waals surface area contributed by atoms with E-state index in [0.29, 0.717) is 22.6 Å². The Labute approximate surface area is 176 Å². The van der Waals surface area contributed by atoms with E-state index in [4.69, 9.17) is 16.0 Å². The lowest BCUT2D eigenvalue weighted by atomic mass is 10.2. The smallest absolute Gasteiger partial charge is 0.249 e. The molecule has 4 rings (SSSR count). The van der Waals surface area contributed by atoms with Crippen molar-refractivity contribution >= 4 is 61.4 Å². The van der Waals surface area contributed by atoms with Crippen molar-refractivity contribution in [3.8, 4) is 11.5 Å². The second-order valence-electron chi connectivity index (χ2n) is 5.28. The lowest BCUT2D eigenvalue weighted by Gasteiger charge is -2.01. The fourth-order valence-electron chi connectivity index (χ4n) is 2.19. The Morgan fingerprint density at radius 3 is 2.81 bits per heavy atom. The van der Waals surface area contributed by atoms with Crippen molar-refractivity contribution in [2.75, 3.05) is 5.32 Å². The first-order valence-electron chi connectivity index (χ1n) is 7.73. The summed E-state index contributed by atoms with van der Waals surface area (Å²) in [6, 6.07) is 15.2. The van der Waals surface area contributed by atoms with Gasteiger partial charge in [-0.1, -0.05) is 68.8 Å². The highest BCUT2D eigenvalue weighted by Gasteiger charge is 2.13. The van der Waals surface area contributed by atoms with Gasteiger partial charge in [0.25, 0.3) is 0 Å². The number of hydrogen-bond acceptors (Lipinski definition) is 8. The molecule has 0 aliphatic carbocycles. The average molecular weight is 481 g/mol. The van der Waals surface area contributed by atoms with E-state index in [0.717, 1.165) is 25.2 Å². The van der Waals surface area contributed by atoms with Crippen LogP contribution in [0.5, 0.6) is 0 Å². The molecule has 10 heteroatoms. The van der Waals surface area contributed by atoms with Crippen LogP contribution in [0.15, 0.2) is 61.8 Å². The minimum atomic E-state index is 0.408. The lowest BCUT2D eigenvalue weighted by Crippen LogP contribution is -1.88. The summed E-state index contributed by atoms with van der Waals surface area (Å²) in [5, 5.41) is 21.0. The van der Waals surface area contributed by atoms with E-state index in [1.807, 2.05) is 42.5 Å². The Bertz CT molecular complexity index is 1070. The van der Waals surface area contributed by atoms with Crippen LogP contribution >= 0.6 is 50.6 Å². The Hall–Kier alpha value is -1.94. The standard InChI is InChI=1S/C17H11BrClN5OS2/c18-10-4-3-5-11(8-10)20-16-23-24-17(27-16)26-9-14-21-22-15(25-14)12-6-1-2-7-13(12)19/h1-8H,9H2,(H,20,23). The summed E-state index contributed by atoms with van der Waals surface area (Å²) in [4.78, 5) is 0. The maximum atomic E-state index is 6.16. The third kappa shape index (κ3) is 4.67. The second-order valence-corrected chi connectivity index (χ2v) is 8.80. The van der Waals surface area contributed by atoms with Crippen molar-refractivity contribution in [2.45, 2.75) is 10.1 Å². The molecule has 0 aliphatic heterocycles. The molecule has 1 N–H and O–H groups in total. The number of hydrogen-bond donors (Lipinski definition) is 1. The summed E-state index contributed by atoms with van der Waals surface area (Å²) in [7, 11) is 0. The molecule has 0 bridgehead atoms. The zero-order valence-electron chi connectivity index (χ0n) is 13.6. The largest absolute Gasteiger partial charge is 0.420 e. The first-order chi connectivity index (χ1) is 13.2. The monoisotopic (exact) mass is 479 g/mol. The molecule has 0 radical (unpaired) electrons. The van der Waals surface area contributed by atoms with E-state index in [9.17, 15) is 0 Å². The Morgan fingerprint density at radius 1 is 1.07 bits per heavy atom. The van der Waals surface area contributed by atoms with Crippen molar-refractivity contribution in [3.05, 3.63) is 63.9 Å². The van der Waals surface area contributed by atoms with Gasteiger partial charge in [0.15, 0.2) is 4.34 Å². The highest BCUT2D eigenvalue weighted by Crippen LogP contribution is 2.31. The summed E-state index contributed by atoms with van der Waals surface area (Å²) in [5.41, 5.74) is 1.66. The van der Waals surface area contributed by atoms with Gasteiger partial charge in [0, 0.05) is 10.2 Å². The molecule has 2 aromatic carbocycles. The van der Waals surface area contributed by atoms with Crippen LogP contribution in [0, 0.1) is 0 Å². The van der Waals surface area contributed by atoms with Crippen LogP contribution in [0.3, 0.4) is 0 Å². The van der Waals surface area contributed by atoms with Crippen LogP contribution in [0.4, 0.5) is 10.8 Å². The highest BCUT2D eigenvalue weighted by molar-refractivity contribution is 9.10. The minimum absolute atomic E-state index is 0.408. The van der Waals surface area contributed by atoms with Gasteiger partial charge >= 0.3 is 0 Å². The summed E-state index contributed by atoms with van der Waals surface area (Å²) < 4.78 is 7.50. The summed E-state index contributed by atoms with van der Waals surface area (Å²) in [6.07, 6.45) is 0. The van der Waals surface area contributed by atoms with Gasteiger partial charge in [-0.05, 0) is 30.3 Å². The third-order valence-corrected chi connectivity index (χ3v) is 6.15. The lowest BCUT2D eigenvalue weighted by molar-refractivity contribution is 0.528. The van der Waals surface area contributed by atoms with Crippen molar-refractivity contribution < 1.29 is 4.42 Å². The second kappa shape index (κ2) is 8.39. The van der Waals surface area contributed by atoms with Gasteiger partial charge in [-0.3, -0.25) is 0 Å². The molecule has 0 saturated carbocycles. The molecule has 0 amide bonds. The molecular weight excluding hydrogens is 470 g/mol. The molecule has 2 aromatic heterocycles. The molecule has 0 spiro atoms. The maximum Gasteiger partial charge on any atom is 0.249 e. The van der Waals surface area contributed by atoms with Gasteiger partial charge in [0.1, 0.15) is 0 Å². The molecule has 27 heavy (non-hydrogen) atoms. The quantitative estimate of drug-likeness (QED) is 0.337. The van der Waals surface area contributed by atoms with Crippen molar-refractivity contribution in [2.24, 2.45) is 0 Å². The Kier molecular flexibility index (Phi) is 5.72. The molecule has 2 heterocycles. The number of halogens is 2.